The Morgan fingerprint density at radius 2 is 2.05 bits per heavy atom. The minimum absolute atomic E-state index is 0.0242. The summed E-state index contributed by atoms with van der Waals surface area (Å²) >= 11 is 0. The molecule has 0 saturated heterocycles. The van der Waals surface area contributed by atoms with Crippen molar-refractivity contribution in [3.63, 3.8) is 0 Å². The first-order chi connectivity index (χ1) is 9.17. The zero-order valence-corrected chi connectivity index (χ0v) is 11.3. The van der Waals surface area contributed by atoms with E-state index in [1.807, 2.05) is 31.2 Å². The van der Waals surface area contributed by atoms with E-state index in [1.54, 1.807) is 7.11 Å². The molecule has 5 heteroatoms. The van der Waals surface area contributed by atoms with Gasteiger partial charge in [0.25, 0.3) is 5.91 Å². The molecule has 2 rings (SSSR count). The first-order valence-corrected chi connectivity index (χ1v) is 6.40. The van der Waals surface area contributed by atoms with Gasteiger partial charge in [-0.05, 0) is 50.6 Å². The number of carbonyl (C=O) groups excluding carboxylic acids is 1. The lowest BCUT2D eigenvalue weighted by atomic mass is 9.98. The number of ether oxygens (including phenoxy) is 1. The molecule has 5 nitrogen and oxygen atoms in total. The summed E-state index contributed by atoms with van der Waals surface area (Å²) < 4.78 is 5.10. The number of nitrogens with zero attached hydrogens (tertiary/aromatic N) is 2. The van der Waals surface area contributed by atoms with Gasteiger partial charge >= 0.3 is 0 Å². The van der Waals surface area contributed by atoms with Crippen LogP contribution in [0.15, 0.2) is 29.4 Å². The van der Waals surface area contributed by atoms with Crippen molar-refractivity contribution in [2.45, 2.75) is 19.8 Å². The van der Waals surface area contributed by atoms with Gasteiger partial charge in [0.1, 0.15) is 5.75 Å². The van der Waals surface area contributed by atoms with E-state index in [0.29, 0.717) is 6.54 Å². The Balaban J connectivity index is 2.15. The monoisotopic (exact) mass is 261 g/mol. The van der Waals surface area contributed by atoms with Crippen molar-refractivity contribution in [3.8, 4) is 5.75 Å². The van der Waals surface area contributed by atoms with Crippen LogP contribution in [-0.2, 0) is 4.79 Å². The molecule has 0 saturated carbocycles. The molecule has 1 aromatic rings. The quantitative estimate of drug-likeness (QED) is 0.878. The fourth-order valence-corrected chi connectivity index (χ4v) is 2.17. The maximum Gasteiger partial charge on any atom is 0.256 e. The summed E-state index contributed by atoms with van der Waals surface area (Å²) in [6, 6.07) is 7.30. The van der Waals surface area contributed by atoms with Gasteiger partial charge < -0.3 is 10.5 Å². The van der Waals surface area contributed by atoms with E-state index < -0.39 is 0 Å². The predicted octanol–water partition coefficient (Wildman–Crippen LogP) is 1.77. The molecule has 0 spiro atoms. The van der Waals surface area contributed by atoms with Gasteiger partial charge in [0, 0.05) is 5.71 Å². The molecular weight excluding hydrogens is 242 g/mol. The number of amides is 1. The normalized spacial score (nSPS) is 18.7. The molecule has 1 atom stereocenters. The fourth-order valence-electron chi connectivity index (χ4n) is 2.17. The van der Waals surface area contributed by atoms with Crippen molar-refractivity contribution in [1.82, 2.24) is 0 Å². The van der Waals surface area contributed by atoms with Crippen molar-refractivity contribution in [2.75, 3.05) is 18.7 Å². The van der Waals surface area contributed by atoms with E-state index in [9.17, 15) is 4.79 Å². The van der Waals surface area contributed by atoms with E-state index in [2.05, 4.69) is 5.10 Å². The highest BCUT2D eigenvalue weighted by Crippen LogP contribution is 2.27. The molecule has 0 radical (unpaired) electrons. The highest BCUT2D eigenvalue weighted by atomic mass is 16.5. The number of hydrogen-bond donors (Lipinski definition) is 1. The number of hydrogen-bond acceptors (Lipinski definition) is 4. The van der Waals surface area contributed by atoms with Gasteiger partial charge in [-0.25, -0.2) is 5.01 Å². The summed E-state index contributed by atoms with van der Waals surface area (Å²) in [6.45, 7) is 2.49. The summed E-state index contributed by atoms with van der Waals surface area (Å²) in [4.78, 5) is 12.3. The van der Waals surface area contributed by atoms with E-state index in [1.165, 1.54) is 5.01 Å². The Labute approximate surface area is 113 Å². The third-order valence-electron chi connectivity index (χ3n) is 3.28. The SMILES string of the molecule is COc1ccc(N2N=C(C)C(CCCN)C2=O)cc1. The van der Waals surface area contributed by atoms with Crippen LogP contribution in [0.2, 0.25) is 0 Å². The number of benzene rings is 1. The summed E-state index contributed by atoms with van der Waals surface area (Å²) in [5, 5.41) is 5.82. The molecule has 0 bridgehead atoms. The number of carbonyl (C=O) groups is 1. The predicted molar refractivity (Wildman–Crippen MR) is 75.4 cm³/mol. The lowest BCUT2D eigenvalue weighted by Gasteiger charge is -2.14. The molecule has 0 fully saturated rings. The average molecular weight is 261 g/mol. The molecule has 1 aliphatic rings. The van der Waals surface area contributed by atoms with Crippen LogP contribution in [-0.4, -0.2) is 25.3 Å². The Bertz CT molecular complexity index is 482. The maximum atomic E-state index is 12.3. The number of anilines is 1. The molecule has 102 valence electrons. The topological polar surface area (TPSA) is 67.9 Å². The highest BCUT2D eigenvalue weighted by molar-refractivity contribution is 6.14. The molecule has 2 N–H and O–H groups in total. The standard InChI is InChI=1S/C14H19N3O2/c1-10-13(4-3-9-15)14(18)17(16-10)11-5-7-12(19-2)8-6-11/h5-8,13H,3-4,9,15H2,1-2H3. The van der Waals surface area contributed by atoms with Gasteiger partial charge in [0.05, 0.1) is 18.7 Å². The summed E-state index contributed by atoms with van der Waals surface area (Å²) in [7, 11) is 1.61. The zero-order chi connectivity index (χ0) is 13.8. The molecule has 1 unspecified atom stereocenters. The van der Waals surface area contributed by atoms with Crippen LogP contribution in [0.1, 0.15) is 19.8 Å². The molecule has 0 aliphatic carbocycles. The molecule has 0 aromatic heterocycles. The van der Waals surface area contributed by atoms with Gasteiger partial charge in [-0.15, -0.1) is 0 Å². The van der Waals surface area contributed by atoms with E-state index in [0.717, 1.165) is 30.0 Å². The first-order valence-electron chi connectivity index (χ1n) is 6.40. The van der Waals surface area contributed by atoms with E-state index in [4.69, 9.17) is 10.5 Å². The van der Waals surface area contributed by atoms with Crippen molar-refractivity contribution < 1.29 is 9.53 Å². The van der Waals surface area contributed by atoms with Crippen LogP contribution in [0.25, 0.3) is 0 Å². The minimum atomic E-state index is -0.134. The van der Waals surface area contributed by atoms with Crippen LogP contribution in [0.5, 0.6) is 5.75 Å². The molecule has 19 heavy (non-hydrogen) atoms. The van der Waals surface area contributed by atoms with Gasteiger partial charge in [-0.2, -0.15) is 5.10 Å². The summed E-state index contributed by atoms with van der Waals surface area (Å²) in [5.74, 6) is 0.651. The highest BCUT2D eigenvalue weighted by Gasteiger charge is 2.33. The lowest BCUT2D eigenvalue weighted by molar-refractivity contribution is -0.119. The maximum absolute atomic E-state index is 12.3. The van der Waals surface area contributed by atoms with Crippen LogP contribution in [0, 0.1) is 5.92 Å². The Hall–Kier alpha value is -1.88. The van der Waals surface area contributed by atoms with Gasteiger partial charge in [-0.1, -0.05) is 0 Å². The number of methoxy groups -OCH3 is 1. The molecule has 1 heterocycles. The summed E-state index contributed by atoms with van der Waals surface area (Å²) in [5.41, 5.74) is 7.12. The number of nitrogens with two attached hydrogens (primary N) is 1. The largest absolute Gasteiger partial charge is 0.497 e. The second-order valence-electron chi connectivity index (χ2n) is 4.57. The second-order valence-corrected chi connectivity index (χ2v) is 4.57. The Morgan fingerprint density at radius 3 is 2.63 bits per heavy atom. The minimum Gasteiger partial charge on any atom is -0.497 e. The Kier molecular flexibility index (Phi) is 4.16. The van der Waals surface area contributed by atoms with Crippen LogP contribution < -0.4 is 15.5 Å². The fraction of sp³-hybridized carbons (Fsp3) is 0.429. The van der Waals surface area contributed by atoms with Gasteiger partial charge in [0.2, 0.25) is 0 Å². The number of hydrazone groups is 1. The van der Waals surface area contributed by atoms with Crippen molar-refractivity contribution in [1.29, 1.82) is 0 Å². The van der Waals surface area contributed by atoms with E-state index >= 15 is 0 Å². The van der Waals surface area contributed by atoms with E-state index in [-0.39, 0.29) is 11.8 Å². The molecule has 1 aromatic carbocycles. The Morgan fingerprint density at radius 1 is 1.37 bits per heavy atom. The third kappa shape index (κ3) is 2.76. The van der Waals surface area contributed by atoms with Crippen LogP contribution >= 0.6 is 0 Å². The van der Waals surface area contributed by atoms with Gasteiger partial charge in [0.15, 0.2) is 0 Å². The van der Waals surface area contributed by atoms with Crippen LogP contribution in [0.3, 0.4) is 0 Å². The second kappa shape index (κ2) is 5.84. The van der Waals surface area contributed by atoms with Crippen molar-refractivity contribution >= 4 is 17.3 Å². The zero-order valence-electron chi connectivity index (χ0n) is 11.3. The first kappa shape index (κ1) is 13.5. The van der Waals surface area contributed by atoms with Crippen molar-refractivity contribution in [3.05, 3.63) is 24.3 Å². The average Bonchev–Trinajstić information content (AvgIpc) is 2.72. The lowest BCUT2D eigenvalue weighted by Crippen LogP contribution is -2.27. The van der Waals surface area contributed by atoms with Crippen molar-refractivity contribution in [2.24, 2.45) is 16.8 Å². The molecule has 1 aliphatic heterocycles. The summed E-state index contributed by atoms with van der Waals surface area (Å²) in [6.07, 6.45) is 1.59. The number of rotatable bonds is 5. The van der Waals surface area contributed by atoms with Gasteiger partial charge in [-0.3, -0.25) is 4.79 Å². The molecular formula is C14H19N3O2. The van der Waals surface area contributed by atoms with Crippen LogP contribution in [0.4, 0.5) is 5.69 Å². The third-order valence-corrected chi connectivity index (χ3v) is 3.28. The molecule has 1 amide bonds. The smallest absolute Gasteiger partial charge is 0.256 e.